The molecule has 5 heterocycles. The van der Waals surface area contributed by atoms with Crippen LogP contribution in [0.4, 0.5) is 0 Å². The molecule has 5 heteroatoms. The number of rotatable bonds is 2. The molecule has 0 amide bonds. The van der Waals surface area contributed by atoms with Gasteiger partial charge in [-0.15, -0.1) is 0 Å². The molecule has 5 nitrogen and oxygen atoms in total. The molecular weight excluding hydrogens is 490 g/mol. The normalized spacial score (nSPS) is 12.0. The van der Waals surface area contributed by atoms with E-state index in [2.05, 4.69) is 111 Å². The van der Waals surface area contributed by atoms with Crippen LogP contribution in [0.1, 0.15) is 0 Å². The van der Waals surface area contributed by atoms with Crippen LogP contribution < -0.4 is 0 Å². The molecular formula is C35H21N5. The molecule has 0 saturated carbocycles. The Balaban J connectivity index is 1.50. The number of pyridine rings is 3. The fourth-order valence-electron chi connectivity index (χ4n) is 6.34. The van der Waals surface area contributed by atoms with Gasteiger partial charge in [0.25, 0.3) is 0 Å². The lowest BCUT2D eigenvalue weighted by Gasteiger charge is -2.12. The van der Waals surface area contributed by atoms with Crippen LogP contribution in [0, 0.1) is 0 Å². The van der Waals surface area contributed by atoms with Crippen molar-refractivity contribution >= 4 is 60.2 Å². The summed E-state index contributed by atoms with van der Waals surface area (Å²) >= 11 is 0. The largest absolute Gasteiger partial charge is 0.294 e. The van der Waals surface area contributed by atoms with Gasteiger partial charge in [0.1, 0.15) is 11.5 Å². The highest BCUT2D eigenvalue weighted by atomic mass is 15.1. The number of aromatic nitrogens is 5. The summed E-state index contributed by atoms with van der Waals surface area (Å²) < 4.78 is 4.63. The van der Waals surface area contributed by atoms with Crippen molar-refractivity contribution < 1.29 is 0 Å². The van der Waals surface area contributed by atoms with Crippen LogP contribution in [0.15, 0.2) is 128 Å². The van der Waals surface area contributed by atoms with E-state index in [1.807, 2.05) is 24.5 Å². The lowest BCUT2D eigenvalue weighted by molar-refractivity contribution is 1.08. The molecule has 0 aliphatic rings. The molecule has 0 spiro atoms. The lowest BCUT2D eigenvalue weighted by atomic mass is 10.0. The Hall–Kier alpha value is -5.55. The molecule has 0 radical (unpaired) electrons. The van der Waals surface area contributed by atoms with Gasteiger partial charge in [0.05, 0.1) is 27.6 Å². The van der Waals surface area contributed by atoms with Gasteiger partial charge in [-0.1, -0.05) is 66.7 Å². The van der Waals surface area contributed by atoms with E-state index in [1.54, 1.807) is 6.20 Å². The van der Waals surface area contributed by atoms with Gasteiger partial charge in [-0.25, -0.2) is 9.97 Å². The van der Waals surface area contributed by atoms with Crippen molar-refractivity contribution in [2.75, 3.05) is 0 Å². The van der Waals surface area contributed by atoms with E-state index in [9.17, 15) is 0 Å². The number of nitrogens with zero attached hydrogens (tertiary/aromatic N) is 5. The molecule has 5 aromatic heterocycles. The third kappa shape index (κ3) is 2.83. The molecule has 0 aliphatic heterocycles. The smallest absolute Gasteiger partial charge is 0.146 e. The van der Waals surface area contributed by atoms with Crippen molar-refractivity contribution in [3.8, 4) is 16.9 Å². The third-order valence-electron chi connectivity index (χ3n) is 8.02. The first-order chi connectivity index (χ1) is 19.9. The first kappa shape index (κ1) is 21.4. The quantitative estimate of drug-likeness (QED) is 0.219. The summed E-state index contributed by atoms with van der Waals surface area (Å²) in [5.41, 5.74) is 8.62. The van der Waals surface area contributed by atoms with Crippen molar-refractivity contribution in [1.82, 2.24) is 23.9 Å². The Labute approximate surface area is 228 Å². The Morgan fingerprint density at radius 1 is 0.550 bits per heavy atom. The molecule has 9 aromatic rings. The van der Waals surface area contributed by atoms with Crippen molar-refractivity contribution in [3.05, 3.63) is 128 Å². The summed E-state index contributed by atoms with van der Waals surface area (Å²) in [4.78, 5) is 14.3. The van der Waals surface area contributed by atoms with Crippen molar-refractivity contribution in [2.45, 2.75) is 0 Å². The maximum atomic E-state index is 5.13. The highest BCUT2D eigenvalue weighted by Gasteiger charge is 2.20. The van der Waals surface area contributed by atoms with Gasteiger partial charge in [-0.05, 0) is 53.4 Å². The van der Waals surface area contributed by atoms with Crippen LogP contribution in [0.25, 0.3) is 77.1 Å². The van der Waals surface area contributed by atoms with Crippen molar-refractivity contribution in [1.29, 1.82) is 0 Å². The summed E-state index contributed by atoms with van der Waals surface area (Å²) in [5.74, 6) is 0.874. The molecule has 4 aromatic carbocycles. The van der Waals surface area contributed by atoms with Crippen LogP contribution in [0.2, 0.25) is 0 Å². The molecule has 0 bridgehead atoms. The number of benzene rings is 4. The second kappa shape index (κ2) is 7.98. The molecule has 0 unspecified atom stereocenters. The SMILES string of the molecule is c1cncc(-c2ccnc(-n3c4ccccc4c4c3ccc3c5ccccc5c5nc6ccccc6n5c34)c2)c1. The summed E-state index contributed by atoms with van der Waals surface area (Å²) in [6.07, 6.45) is 5.58. The summed E-state index contributed by atoms with van der Waals surface area (Å²) in [5, 5.41) is 5.95. The van der Waals surface area contributed by atoms with Crippen LogP contribution in [-0.4, -0.2) is 23.9 Å². The Morgan fingerprint density at radius 3 is 2.23 bits per heavy atom. The average Bonchev–Trinajstić information content (AvgIpc) is 3.58. The minimum absolute atomic E-state index is 0.874. The molecule has 0 aliphatic carbocycles. The van der Waals surface area contributed by atoms with Gasteiger partial charge in [-0.3, -0.25) is 14.0 Å². The first-order valence-electron chi connectivity index (χ1n) is 13.4. The molecule has 186 valence electrons. The fraction of sp³-hybridized carbons (Fsp3) is 0. The van der Waals surface area contributed by atoms with E-state index in [-0.39, 0.29) is 0 Å². The van der Waals surface area contributed by atoms with Crippen LogP contribution >= 0.6 is 0 Å². The maximum Gasteiger partial charge on any atom is 0.146 e. The van der Waals surface area contributed by atoms with E-state index >= 15 is 0 Å². The van der Waals surface area contributed by atoms with E-state index in [1.165, 1.54) is 27.1 Å². The minimum Gasteiger partial charge on any atom is -0.294 e. The second-order valence-electron chi connectivity index (χ2n) is 10.2. The van der Waals surface area contributed by atoms with Gasteiger partial charge < -0.3 is 0 Å². The van der Waals surface area contributed by atoms with Crippen LogP contribution in [0.5, 0.6) is 0 Å². The van der Waals surface area contributed by atoms with Gasteiger partial charge >= 0.3 is 0 Å². The second-order valence-corrected chi connectivity index (χ2v) is 10.2. The highest BCUT2D eigenvalue weighted by Crippen LogP contribution is 2.41. The summed E-state index contributed by atoms with van der Waals surface area (Å²) in [6, 6.07) is 38.4. The minimum atomic E-state index is 0.874. The molecule has 40 heavy (non-hydrogen) atoms. The van der Waals surface area contributed by atoms with Gasteiger partial charge in [0, 0.05) is 45.7 Å². The molecule has 0 atom stereocenters. The Morgan fingerprint density at radius 2 is 1.35 bits per heavy atom. The predicted octanol–water partition coefficient (Wildman–Crippen LogP) is 8.35. The predicted molar refractivity (Wildman–Crippen MR) is 163 cm³/mol. The zero-order valence-corrected chi connectivity index (χ0v) is 21.4. The number of hydrogen-bond donors (Lipinski definition) is 0. The number of fused-ring (bicyclic) bond motifs is 12. The van der Waals surface area contributed by atoms with E-state index < -0.39 is 0 Å². The van der Waals surface area contributed by atoms with Gasteiger partial charge in [0.15, 0.2) is 0 Å². The first-order valence-corrected chi connectivity index (χ1v) is 13.4. The van der Waals surface area contributed by atoms with Gasteiger partial charge in [0.2, 0.25) is 0 Å². The van der Waals surface area contributed by atoms with E-state index in [4.69, 9.17) is 9.97 Å². The number of imidazole rings is 1. The zero-order valence-electron chi connectivity index (χ0n) is 21.4. The Bertz CT molecular complexity index is 2430. The summed E-state index contributed by atoms with van der Waals surface area (Å²) in [7, 11) is 0. The summed E-state index contributed by atoms with van der Waals surface area (Å²) in [6.45, 7) is 0. The maximum absolute atomic E-state index is 5.13. The van der Waals surface area contributed by atoms with Crippen LogP contribution in [0.3, 0.4) is 0 Å². The molecule has 0 N–H and O–H groups in total. The number of hydrogen-bond acceptors (Lipinski definition) is 3. The topological polar surface area (TPSA) is 48.0 Å². The van der Waals surface area contributed by atoms with Crippen LogP contribution in [-0.2, 0) is 0 Å². The monoisotopic (exact) mass is 511 g/mol. The Kier molecular flexibility index (Phi) is 4.27. The fourth-order valence-corrected chi connectivity index (χ4v) is 6.34. The van der Waals surface area contributed by atoms with E-state index in [0.29, 0.717) is 0 Å². The molecule has 9 rings (SSSR count). The average molecular weight is 512 g/mol. The number of para-hydroxylation sites is 3. The van der Waals surface area contributed by atoms with Crippen molar-refractivity contribution in [2.24, 2.45) is 0 Å². The lowest BCUT2D eigenvalue weighted by Crippen LogP contribution is -1.98. The van der Waals surface area contributed by atoms with Crippen molar-refractivity contribution in [3.63, 3.8) is 0 Å². The zero-order chi connectivity index (χ0) is 26.2. The standard InChI is InChI=1S/C35H21N5/c1-2-10-26-24(9-1)25-15-16-31-33(34(25)40-30-14-6-4-12-28(30)38-35(26)40)27-11-3-5-13-29(27)39(31)32-20-22(17-19-37-32)23-8-7-18-36-21-23/h1-21H. The van der Waals surface area contributed by atoms with Gasteiger partial charge in [-0.2, -0.15) is 0 Å². The highest BCUT2D eigenvalue weighted by molar-refractivity contribution is 6.26. The molecule has 0 saturated heterocycles. The molecule has 0 fully saturated rings. The third-order valence-corrected chi connectivity index (χ3v) is 8.02. The van der Waals surface area contributed by atoms with E-state index in [0.717, 1.165) is 50.0 Å².